The lowest BCUT2D eigenvalue weighted by atomic mass is 9.94. The second-order valence-electron chi connectivity index (χ2n) is 5.73. The highest BCUT2D eigenvalue weighted by Gasteiger charge is 2.49. The molecular weight excluding hydrogens is 243 g/mol. The smallest absolute Gasteiger partial charge is 0.227 e. The molecule has 0 radical (unpaired) electrons. The molecule has 1 aliphatic rings. The van der Waals surface area contributed by atoms with E-state index >= 15 is 0 Å². The van der Waals surface area contributed by atoms with Gasteiger partial charge in [0.2, 0.25) is 5.91 Å². The van der Waals surface area contributed by atoms with Crippen molar-refractivity contribution in [3.05, 3.63) is 35.6 Å². The van der Waals surface area contributed by atoms with Crippen LogP contribution in [0.4, 0.5) is 4.39 Å². The van der Waals surface area contributed by atoms with Gasteiger partial charge in [-0.25, -0.2) is 4.39 Å². The number of benzene rings is 1. The largest absolute Gasteiger partial charge is 0.349 e. The van der Waals surface area contributed by atoms with Crippen molar-refractivity contribution in [2.75, 3.05) is 6.54 Å². The first-order valence-corrected chi connectivity index (χ1v) is 6.75. The van der Waals surface area contributed by atoms with Crippen molar-refractivity contribution >= 4 is 5.91 Å². The predicted octanol–water partition coefficient (Wildman–Crippen LogP) is 2.38. The van der Waals surface area contributed by atoms with E-state index in [4.69, 9.17) is 5.73 Å². The van der Waals surface area contributed by atoms with Crippen LogP contribution in [-0.2, 0) is 4.79 Å². The molecule has 3 nitrogen and oxygen atoms in total. The van der Waals surface area contributed by atoms with Crippen molar-refractivity contribution < 1.29 is 9.18 Å². The zero-order chi connectivity index (χ0) is 14.0. The quantitative estimate of drug-likeness (QED) is 0.858. The maximum atomic E-state index is 13.0. The molecule has 0 bridgehead atoms. The van der Waals surface area contributed by atoms with Crippen LogP contribution >= 0.6 is 0 Å². The van der Waals surface area contributed by atoms with Crippen LogP contribution < -0.4 is 11.1 Å². The third-order valence-corrected chi connectivity index (χ3v) is 3.91. The highest BCUT2D eigenvalue weighted by atomic mass is 19.1. The van der Waals surface area contributed by atoms with E-state index in [0.717, 1.165) is 18.4 Å². The van der Waals surface area contributed by atoms with Crippen LogP contribution in [0.15, 0.2) is 24.3 Å². The first-order chi connectivity index (χ1) is 8.98. The SMILES string of the molecule is CC(C)C(NC(=O)C1(CN)CC1)c1ccc(F)cc1. The van der Waals surface area contributed by atoms with Gasteiger partial charge in [0, 0.05) is 6.54 Å². The van der Waals surface area contributed by atoms with Crippen LogP contribution in [0.3, 0.4) is 0 Å². The second-order valence-corrected chi connectivity index (χ2v) is 5.73. The van der Waals surface area contributed by atoms with Crippen molar-refractivity contribution in [2.45, 2.75) is 32.7 Å². The van der Waals surface area contributed by atoms with E-state index < -0.39 is 0 Å². The minimum atomic E-state index is -0.354. The predicted molar refractivity (Wildman–Crippen MR) is 72.8 cm³/mol. The Morgan fingerprint density at radius 2 is 1.95 bits per heavy atom. The van der Waals surface area contributed by atoms with Gasteiger partial charge < -0.3 is 11.1 Å². The number of hydrogen-bond acceptors (Lipinski definition) is 2. The van der Waals surface area contributed by atoms with Crippen LogP contribution in [0.1, 0.15) is 38.3 Å². The summed E-state index contributed by atoms with van der Waals surface area (Å²) in [5.74, 6) is -0.000727. The monoisotopic (exact) mass is 264 g/mol. The summed E-state index contributed by atoms with van der Waals surface area (Å²) < 4.78 is 13.0. The standard InChI is InChI=1S/C15H21FN2O/c1-10(2)13(11-3-5-12(16)6-4-11)18-14(19)15(9-17)7-8-15/h3-6,10,13H,7-9,17H2,1-2H3,(H,18,19). The summed E-state index contributed by atoms with van der Waals surface area (Å²) in [7, 11) is 0. The Morgan fingerprint density at radius 1 is 1.37 bits per heavy atom. The van der Waals surface area contributed by atoms with Gasteiger partial charge in [-0.05, 0) is 36.5 Å². The summed E-state index contributed by atoms with van der Waals surface area (Å²) in [6, 6.07) is 6.20. The molecule has 1 amide bonds. The van der Waals surface area contributed by atoms with Gasteiger partial charge in [-0.1, -0.05) is 26.0 Å². The molecule has 4 heteroatoms. The zero-order valence-electron chi connectivity index (χ0n) is 11.4. The fourth-order valence-corrected chi connectivity index (χ4v) is 2.27. The van der Waals surface area contributed by atoms with Gasteiger partial charge in [-0.3, -0.25) is 4.79 Å². The molecule has 0 heterocycles. The number of rotatable bonds is 5. The average Bonchev–Trinajstić information content (AvgIpc) is 3.17. The number of nitrogens with one attached hydrogen (secondary N) is 1. The number of carbonyl (C=O) groups is 1. The Bertz CT molecular complexity index is 452. The van der Waals surface area contributed by atoms with Crippen LogP contribution in [0.25, 0.3) is 0 Å². The first-order valence-electron chi connectivity index (χ1n) is 6.75. The van der Waals surface area contributed by atoms with Crippen LogP contribution in [0.2, 0.25) is 0 Å². The van der Waals surface area contributed by atoms with Crippen molar-refractivity contribution in [3.63, 3.8) is 0 Å². The molecule has 1 aliphatic carbocycles. The molecule has 1 fully saturated rings. The fraction of sp³-hybridized carbons (Fsp3) is 0.533. The van der Waals surface area contributed by atoms with E-state index in [0.29, 0.717) is 6.54 Å². The topological polar surface area (TPSA) is 55.1 Å². The summed E-state index contributed by atoms with van der Waals surface area (Å²) in [6.45, 7) is 4.47. The number of amides is 1. The van der Waals surface area contributed by atoms with E-state index in [-0.39, 0.29) is 29.1 Å². The van der Waals surface area contributed by atoms with E-state index in [1.807, 2.05) is 13.8 Å². The van der Waals surface area contributed by atoms with E-state index in [1.165, 1.54) is 12.1 Å². The van der Waals surface area contributed by atoms with Gasteiger partial charge in [0.15, 0.2) is 0 Å². The van der Waals surface area contributed by atoms with Gasteiger partial charge in [-0.2, -0.15) is 0 Å². The molecule has 1 unspecified atom stereocenters. The summed E-state index contributed by atoms with van der Waals surface area (Å²) in [4.78, 5) is 12.2. The van der Waals surface area contributed by atoms with Gasteiger partial charge >= 0.3 is 0 Å². The van der Waals surface area contributed by atoms with Gasteiger partial charge in [-0.15, -0.1) is 0 Å². The van der Waals surface area contributed by atoms with Crippen molar-refractivity contribution in [3.8, 4) is 0 Å². The molecule has 2 rings (SSSR count). The normalized spacial score (nSPS) is 18.2. The first kappa shape index (κ1) is 14.0. The maximum Gasteiger partial charge on any atom is 0.227 e. The van der Waals surface area contributed by atoms with Gasteiger partial charge in [0.1, 0.15) is 5.82 Å². The lowest BCUT2D eigenvalue weighted by molar-refractivity contribution is -0.127. The van der Waals surface area contributed by atoms with Crippen molar-refractivity contribution in [1.29, 1.82) is 0 Å². The third kappa shape index (κ3) is 2.95. The Kier molecular flexibility index (Phi) is 3.90. The molecular formula is C15H21FN2O. The van der Waals surface area contributed by atoms with Crippen molar-refractivity contribution in [2.24, 2.45) is 17.1 Å². The van der Waals surface area contributed by atoms with Crippen LogP contribution in [-0.4, -0.2) is 12.5 Å². The summed E-state index contributed by atoms with van der Waals surface area (Å²) in [5.41, 5.74) is 6.24. The third-order valence-electron chi connectivity index (χ3n) is 3.91. The molecule has 104 valence electrons. The molecule has 0 spiro atoms. The zero-order valence-corrected chi connectivity index (χ0v) is 11.4. The lowest BCUT2D eigenvalue weighted by Crippen LogP contribution is -2.40. The number of carbonyl (C=O) groups excluding carboxylic acids is 1. The average molecular weight is 264 g/mol. The van der Waals surface area contributed by atoms with E-state index in [9.17, 15) is 9.18 Å². The molecule has 1 atom stereocenters. The molecule has 1 aromatic rings. The summed E-state index contributed by atoms with van der Waals surface area (Å²) in [6.07, 6.45) is 1.73. The van der Waals surface area contributed by atoms with Crippen LogP contribution in [0, 0.1) is 17.2 Å². The molecule has 1 saturated carbocycles. The Balaban J connectivity index is 2.13. The Labute approximate surface area is 113 Å². The van der Waals surface area contributed by atoms with E-state index in [1.54, 1.807) is 12.1 Å². The number of nitrogens with two attached hydrogens (primary N) is 1. The minimum absolute atomic E-state index is 0.0259. The maximum absolute atomic E-state index is 13.0. The molecule has 0 aliphatic heterocycles. The second kappa shape index (κ2) is 5.29. The molecule has 3 N–H and O–H groups in total. The van der Waals surface area contributed by atoms with Crippen molar-refractivity contribution in [1.82, 2.24) is 5.32 Å². The van der Waals surface area contributed by atoms with Gasteiger partial charge in [0.25, 0.3) is 0 Å². The Morgan fingerprint density at radius 3 is 2.37 bits per heavy atom. The number of hydrogen-bond donors (Lipinski definition) is 2. The lowest BCUT2D eigenvalue weighted by Gasteiger charge is -2.25. The summed E-state index contributed by atoms with van der Waals surface area (Å²) in [5, 5.41) is 3.06. The Hall–Kier alpha value is -1.42. The highest BCUT2D eigenvalue weighted by molar-refractivity contribution is 5.85. The summed E-state index contributed by atoms with van der Waals surface area (Å²) >= 11 is 0. The van der Waals surface area contributed by atoms with Crippen LogP contribution in [0.5, 0.6) is 0 Å². The molecule has 0 aromatic heterocycles. The minimum Gasteiger partial charge on any atom is -0.349 e. The fourth-order valence-electron chi connectivity index (χ4n) is 2.27. The number of halogens is 1. The highest BCUT2D eigenvalue weighted by Crippen LogP contribution is 2.45. The van der Waals surface area contributed by atoms with Gasteiger partial charge in [0.05, 0.1) is 11.5 Å². The van der Waals surface area contributed by atoms with E-state index in [2.05, 4.69) is 5.32 Å². The molecule has 0 saturated heterocycles. The molecule has 19 heavy (non-hydrogen) atoms. The molecule has 1 aromatic carbocycles.